The Kier molecular flexibility index (Phi) is 7.42. The minimum atomic E-state index is -0.350. The van der Waals surface area contributed by atoms with Crippen LogP contribution in [0.5, 0.6) is 0 Å². The number of nitrogens with one attached hydrogen (secondary N) is 2. The molecule has 0 aliphatic carbocycles. The molecule has 1 aliphatic rings. The van der Waals surface area contributed by atoms with Gasteiger partial charge in [-0.05, 0) is 29.8 Å². The Balaban J connectivity index is 1.37. The van der Waals surface area contributed by atoms with Crippen molar-refractivity contribution >= 4 is 17.8 Å². The number of hydrogen-bond acceptors (Lipinski definition) is 4. The van der Waals surface area contributed by atoms with E-state index < -0.39 is 0 Å². The summed E-state index contributed by atoms with van der Waals surface area (Å²) in [5.41, 5.74) is 0.637. The Morgan fingerprint density at radius 3 is 2.47 bits per heavy atom. The predicted molar refractivity (Wildman–Crippen MR) is 111 cm³/mol. The summed E-state index contributed by atoms with van der Waals surface area (Å²) < 4.78 is 18.4. The number of rotatable bonds is 6. The van der Waals surface area contributed by atoms with E-state index in [4.69, 9.17) is 4.42 Å². The first-order valence-corrected chi connectivity index (χ1v) is 9.86. The molecular weight excluding hydrogens is 389 g/mol. The van der Waals surface area contributed by atoms with Gasteiger partial charge in [0.05, 0.1) is 12.7 Å². The molecule has 1 aromatic carbocycles. The molecule has 2 amide bonds. The molecule has 9 heteroatoms. The van der Waals surface area contributed by atoms with Crippen LogP contribution >= 0.6 is 0 Å². The number of aliphatic imine (C=N–C) groups is 1. The lowest BCUT2D eigenvalue weighted by atomic mass is 10.1. The summed E-state index contributed by atoms with van der Waals surface area (Å²) in [6.45, 7) is 3.38. The van der Waals surface area contributed by atoms with Crippen molar-refractivity contribution in [3.05, 3.63) is 59.8 Å². The molecule has 3 rings (SSSR count). The molecule has 160 valence electrons. The number of piperazine rings is 1. The van der Waals surface area contributed by atoms with E-state index in [9.17, 15) is 14.0 Å². The lowest BCUT2D eigenvalue weighted by Gasteiger charge is -2.36. The minimum absolute atomic E-state index is 0.108. The molecule has 2 heterocycles. The molecule has 0 bridgehead atoms. The van der Waals surface area contributed by atoms with Crippen molar-refractivity contribution < 1.29 is 18.4 Å². The summed E-state index contributed by atoms with van der Waals surface area (Å²) in [5, 5.41) is 6.03. The van der Waals surface area contributed by atoms with Crippen molar-refractivity contribution in [2.24, 2.45) is 4.99 Å². The molecule has 0 radical (unpaired) electrons. The normalized spacial score (nSPS) is 14.5. The van der Waals surface area contributed by atoms with Gasteiger partial charge in [-0.1, -0.05) is 12.1 Å². The van der Waals surface area contributed by atoms with Crippen molar-refractivity contribution in [2.75, 3.05) is 46.3 Å². The molecule has 1 fully saturated rings. The highest BCUT2D eigenvalue weighted by Gasteiger charge is 2.25. The topological polar surface area (TPSA) is 90.2 Å². The van der Waals surface area contributed by atoms with Crippen LogP contribution in [0.4, 0.5) is 4.39 Å². The fourth-order valence-electron chi connectivity index (χ4n) is 3.28. The van der Waals surface area contributed by atoms with Gasteiger partial charge < -0.3 is 24.9 Å². The van der Waals surface area contributed by atoms with Crippen LogP contribution in [-0.2, 0) is 11.2 Å². The lowest BCUT2D eigenvalue weighted by molar-refractivity contribution is -0.120. The third-order valence-corrected chi connectivity index (χ3v) is 4.79. The van der Waals surface area contributed by atoms with Crippen molar-refractivity contribution in [3.8, 4) is 0 Å². The smallest absolute Gasteiger partial charge is 0.289 e. The summed E-state index contributed by atoms with van der Waals surface area (Å²) in [4.78, 5) is 32.4. The first-order valence-electron chi connectivity index (χ1n) is 9.86. The summed E-state index contributed by atoms with van der Waals surface area (Å²) in [6, 6.07) is 9.38. The van der Waals surface area contributed by atoms with Crippen molar-refractivity contribution in [1.29, 1.82) is 0 Å². The molecule has 2 N–H and O–H groups in total. The standard InChI is InChI=1S/C21H26FN5O3/c1-23-21(25-8-7-24-19(28)15-16-4-2-5-17(22)14-16)27-11-9-26(10-12-27)20(29)18-6-3-13-30-18/h2-6,13-14H,7-12,15H2,1H3,(H,23,25)(H,24,28). The van der Waals surface area contributed by atoms with Gasteiger partial charge in [0.2, 0.25) is 5.91 Å². The van der Waals surface area contributed by atoms with Gasteiger partial charge in [-0.3, -0.25) is 14.6 Å². The van der Waals surface area contributed by atoms with Crippen LogP contribution in [0.25, 0.3) is 0 Å². The van der Waals surface area contributed by atoms with E-state index in [2.05, 4.69) is 20.5 Å². The third-order valence-electron chi connectivity index (χ3n) is 4.79. The highest BCUT2D eigenvalue weighted by Crippen LogP contribution is 2.09. The number of nitrogens with zero attached hydrogens (tertiary/aromatic N) is 3. The van der Waals surface area contributed by atoms with E-state index >= 15 is 0 Å². The molecular formula is C21H26FN5O3. The fraction of sp³-hybridized carbons (Fsp3) is 0.381. The number of furan rings is 1. The number of hydrogen-bond donors (Lipinski definition) is 2. The molecule has 2 aromatic rings. The fourth-order valence-corrected chi connectivity index (χ4v) is 3.28. The van der Waals surface area contributed by atoms with E-state index in [1.54, 1.807) is 36.2 Å². The highest BCUT2D eigenvalue weighted by atomic mass is 19.1. The highest BCUT2D eigenvalue weighted by molar-refractivity contribution is 5.91. The van der Waals surface area contributed by atoms with Crippen molar-refractivity contribution in [3.63, 3.8) is 0 Å². The van der Waals surface area contributed by atoms with Crippen LogP contribution in [0.2, 0.25) is 0 Å². The first kappa shape index (κ1) is 21.4. The van der Waals surface area contributed by atoms with Gasteiger partial charge in [-0.25, -0.2) is 4.39 Å². The van der Waals surface area contributed by atoms with Gasteiger partial charge in [0.1, 0.15) is 5.82 Å². The van der Waals surface area contributed by atoms with Gasteiger partial charge in [0, 0.05) is 46.3 Å². The van der Waals surface area contributed by atoms with Crippen LogP contribution in [0.1, 0.15) is 16.1 Å². The quantitative estimate of drug-likeness (QED) is 0.419. The van der Waals surface area contributed by atoms with E-state index in [1.807, 2.05) is 0 Å². The summed E-state index contributed by atoms with van der Waals surface area (Å²) in [5.74, 6) is 0.446. The molecule has 0 spiro atoms. The monoisotopic (exact) mass is 415 g/mol. The predicted octanol–water partition coefficient (Wildman–Crippen LogP) is 1.11. The summed E-state index contributed by atoms with van der Waals surface area (Å²) in [7, 11) is 1.70. The Hall–Kier alpha value is -3.36. The average molecular weight is 415 g/mol. The van der Waals surface area contributed by atoms with Crippen LogP contribution < -0.4 is 10.6 Å². The van der Waals surface area contributed by atoms with E-state index in [1.165, 1.54) is 18.4 Å². The Morgan fingerprint density at radius 2 is 1.80 bits per heavy atom. The second-order valence-corrected chi connectivity index (χ2v) is 6.89. The largest absolute Gasteiger partial charge is 0.459 e. The zero-order valence-electron chi connectivity index (χ0n) is 16.9. The molecule has 30 heavy (non-hydrogen) atoms. The minimum Gasteiger partial charge on any atom is -0.459 e. The van der Waals surface area contributed by atoms with Crippen LogP contribution in [0.3, 0.4) is 0 Å². The number of guanidine groups is 1. The molecule has 1 aliphatic heterocycles. The van der Waals surface area contributed by atoms with Gasteiger partial charge in [0.15, 0.2) is 11.7 Å². The number of amides is 2. The van der Waals surface area contributed by atoms with Crippen molar-refractivity contribution in [1.82, 2.24) is 20.4 Å². The van der Waals surface area contributed by atoms with E-state index in [0.717, 1.165) is 5.96 Å². The number of halogens is 1. The van der Waals surface area contributed by atoms with Gasteiger partial charge >= 0.3 is 0 Å². The van der Waals surface area contributed by atoms with E-state index in [0.29, 0.717) is 50.6 Å². The van der Waals surface area contributed by atoms with E-state index in [-0.39, 0.29) is 24.1 Å². The Bertz CT molecular complexity index is 877. The zero-order chi connectivity index (χ0) is 21.3. The van der Waals surface area contributed by atoms with Crippen LogP contribution in [0.15, 0.2) is 52.1 Å². The summed E-state index contributed by atoms with van der Waals surface area (Å²) >= 11 is 0. The SMILES string of the molecule is CN=C(NCCNC(=O)Cc1cccc(F)c1)N1CCN(C(=O)c2ccco2)CC1. The number of benzene rings is 1. The Morgan fingerprint density at radius 1 is 1.07 bits per heavy atom. The van der Waals surface area contributed by atoms with Gasteiger partial charge in [0.25, 0.3) is 5.91 Å². The molecule has 1 aromatic heterocycles. The maximum absolute atomic E-state index is 13.2. The lowest BCUT2D eigenvalue weighted by Crippen LogP contribution is -2.54. The Labute approximate surface area is 174 Å². The maximum atomic E-state index is 13.2. The molecule has 8 nitrogen and oxygen atoms in total. The maximum Gasteiger partial charge on any atom is 0.289 e. The van der Waals surface area contributed by atoms with Gasteiger partial charge in [-0.2, -0.15) is 0 Å². The summed E-state index contributed by atoms with van der Waals surface area (Å²) in [6.07, 6.45) is 1.63. The molecule has 1 saturated heterocycles. The van der Waals surface area contributed by atoms with Crippen LogP contribution in [0, 0.1) is 5.82 Å². The third kappa shape index (κ3) is 5.82. The second-order valence-electron chi connectivity index (χ2n) is 6.89. The zero-order valence-corrected chi connectivity index (χ0v) is 16.9. The first-order chi connectivity index (χ1) is 14.6. The van der Waals surface area contributed by atoms with Crippen molar-refractivity contribution in [2.45, 2.75) is 6.42 Å². The number of carbonyl (C=O) groups is 2. The molecule has 0 saturated carbocycles. The average Bonchev–Trinajstić information content (AvgIpc) is 3.28. The molecule has 0 unspecified atom stereocenters. The number of carbonyl (C=O) groups excluding carboxylic acids is 2. The van der Waals surface area contributed by atoms with Crippen LogP contribution in [-0.4, -0.2) is 73.9 Å². The molecule has 0 atom stereocenters. The van der Waals surface area contributed by atoms with Gasteiger partial charge in [-0.15, -0.1) is 0 Å². The second kappa shape index (κ2) is 10.4.